The van der Waals surface area contributed by atoms with Crippen LogP contribution in [0.5, 0.6) is 0 Å². The van der Waals surface area contributed by atoms with Crippen molar-refractivity contribution >= 4 is 38.9 Å². The molecule has 1 nitrogen and oxygen atoms in total. The lowest BCUT2D eigenvalue weighted by molar-refractivity contribution is 0.0406. The quantitative estimate of drug-likeness (QED) is 0.737. The van der Waals surface area contributed by atoms with Crippen LogP contribution in [0.1, 0.15) is 24.1 Å². The van der Waals surface area contributed by atoms with Gasteiger partial charge in [0.2, 0.25) is 0 Å². The Kier molecular flexibility index (Phi) is 3.55. The molecule has 1 saturated heterocycles. The number of thiophene rings is 1. The van der Waals surface area contributed by atoms with Crippen molar-refractivity contribution in [2.75, 3.05) is 12.5 Å². The Bertz CT molecular complexity index is 404. The summed E-state index contributed by atoms with van der Waals surface area (Å²) in [6, 6.07) is 2.22. The molecule has 94 valence electrons. The predicted octanol–water partition coefficient (Wildman–Crippen LogP) is 4.48. The number of rotatable bonds is 4. The summed E-state index contributed by atoms with van der Waals surface area (Å²) in [6.07, 6.45) is 5.26. The fraction of sp³-hybridized carbons (Fsp3) is 0.692. The fourth-order valence-corrected chi connectivity index (χ4v) is 4.90. The highest BCUT2D eigenvalue weighted by Crippen LogP contribution is 2.50. The van der Waals surface area contributed by atoms with E-state index in [2.05, 4.69) is 27.4 Å². The molecule has 0 N–H and O–H groups in total. The number of hydrogen-bond acceptors (Lipinski definition) is 2. The van der Waals surface area contributed by atoms with Gasteiger partial charge in [-0.3, -0.25) is 0 Å². The van der Waals surface area contributed by atoms with Gasteiger partial charge in [-0.2, -0.15) is 0 Å². The molecule has 1 aromatic rings. The highest BCUT2D eigenvalue weighted by atomic mass is 79.9. The molecule has 1 aliphatic heterocycles. The third-order valence-corrected chi connectivity index (χ3v) is 6.20. The van der Waals surface area contributed by atoms with Gasteiger partial charge in [0.15, 0.2) is 0 Å². The predicted molar refractivity (Wildman–Crippen MR) is 76.0 cm³/mol. The second kappa shape index (κ2) is 4.84. The van der Waals surface area contributed by atoms with Crippen molar-refractivity contribution in [3.8, 4) is 0 Å². The summed E-state index contributed by atoms with van der Waals surface area (Å²) in [4.78, 5) is 1.42. The minimum absolute atomic E-state index is 0.188. The van der Waals surface area contributed by atoms with E-state index in [0.717, 1.165) is 31.2 Å². The van der Waals surface area contributed by atoms with Crippen LogP contribution in [0.4, 0.5) is 0 Å². The second-order valence-corrected chi connectivity index (χ2v) is 7.46. The van der Waals surface area contributed by atoms with Gasteiger partial charge in [0.05, 0.1) is 6.10 Å². The monoisotopic (exact) mass is 334 g/mol. The Morgan fingerprint density at radius 3 is 2.94 bits per heavy atom. The summed E-state index contributed by atoms with van der Waals surface area (Å²) < 4.78 is 7.16. The van der Waals surface area contributed by atoms with Gasteiger partial charge in [0.25, 0.3) is 0 Å². The van der Waals surface area contributed by atoms with E-state index in [1.54, 1.807) is 0 Å². The van der Waals surface area contributed by atoms with Gasteiger partial charge in [-0.1, -0.05) is 0 Å². The Labute approximate surface area is 120 Å². The number of halogens is 2. The minimum atomic E-state index is 0.188. The first-order chi connectivity index (χ1) is 8.23. The molecule has 0 aromatic carbocycles. The average molecular weight is 336 g/mol. The number of ether oxygens (including phenoxy) is 1. The van der Waals surface area contributed by atoms with Crippen molar-refractivity contribution < 1.29 is 4.74 Å². The molecule has 0 amide bonds. The van der Waals surface area contributed by atoms with E-state index in [0.29, 0.717) is 6.10 Å². The summed E-state index contributed by atoms with van der Waals surface area (Å²) in [5.74, 6) is 1.50. The summed E-state index contributed by atoms with van der Waals surface area (Å²) >= 11 is 11.6. The van der Waals surface area contributed by atoms with Gasteiger partial charge in [-0.25, -0.2) is 0 Å². The van der Waals surface area contributed by atoms with Crippen molar-refractivity contribution in [3.05, 3.63) is 20.8 Å². The largest absolute Gasteiger partial charge is 0.377 e. The SMILES string of the molecule is ClCC1(Cc2cc(Br)cs2)CCOC1C1CC1. The first kappa shape index (κ1) is 12.5. The summed E-state index contributed by atoms with van der Waals surface area (Å²) in [7, 11) is 0. The van der Waals surface area contributed by atoms with Crippen LogP contribution in [0.25, 0.3) is 0 Å². The van der Waals surface area contributed by atoms with Gasteiger partial charge in [-0.15, -0.1) is 22.9 Å². The van der Waals surface area contributed by atoms with Gasteiger partial charge < -0.3 is 4.74 Å². The molecule has 2 fully saturated rings. The van der Waals surface area contributed by atoms with E-state index < -0.39 is 0 Å². The van der Waals surface area contributed by atoms with Crippen LogP contribution in [0.3, 0.4) is 0 Å². The molecule has 2 heterocycles. The van der Waals surface area contributed by atoms with Gasteiger partial charge in [0.1, 0.15) is 0 Å². The lowest BCUT2D eigenvalue weighted by atomic mass is 9.77. The average Bonchev–Trinajstić information content (AvgIpc) is 2.96. The standard InChI is InChI=1S/C13H16BrClOS/c14-10-5-11(17-7-10)6-13(8-15)3-4-16-12(13)9-1-2-9/h5,7,9,12H,1-4,6,8H2. The fourth-order valence-electron chi connectivity index (χ4n) is 2.92. The van der Waals surface area contributed by atoms with Gasteiger partial charge in [0, 0.05) is 32.6 Å². The van der Waals surface area contributed by atoms with E-state index in [1.165, 1.54) is 22.2 Å². The highest BCUT2D eigenvalue weighted by Gasteiger charge is 2.50. The molecule has 1 aromatic heterocycles. The Morgan fingerprint density at radius 2 is 2.35 bits per heavy atom. The van der Waals surface area contributed by atoms with Crippen molar-refractivity contribution in [1.82, 2.24) is 0 Å². The molecule has 0 radical (unpaired) electrons. The van der Waals surface area contributed by atoms with Crippen molar-refractivity contribution in [3.63, 3.8) is 0 Å². The van der Waals surface area contributed by atoms with Gasteiger partial charge >= 0.3 is 0 Å². The smallest absolute Gasteiger partial charge is 0.0675 e. The van der Waals surface area contributed by atoms with Crippen molar-refractivity contribution in [2.45, 2.75) is 31.8 Å². The van der Waals surface area contributed by atoms with Crippen molar-refractivity contribution in [2.24, 2.45) is 11.3 Å². The van der Waals surface area contributed by atoms with Crippen LogP contribution >= 0.6 is 38.9 Å². The molecular formula is C13H16BrClOS. The van der Waals surface area contributed by atoms with Gasteiger partial charge in [-0.05, 0) is 53.6 Å². The minimum Gasteiger partial charge on any atom is -0.377 e. The number of alkyl halides is 1. The molecule has 2 atom stereocenters. The van der Waals surface area contributed by atoms with Crippen LogP contribution in [-0.2, 0) is 11.2 Å². The topological polar surface area (TPSA) is 9.23 Å². The first-order valence-corrected chi connectivity index (χ1v) is 8.35. The molecule has 0 bridgehead atoms. The molecule has 0 spiro atoms. The third kappa shape index (κ3) is 2.44. The zero-order valence-electron chi connectivity index (χ0n) is 9.62. The lowest BCUT2D eigenvalue weighted by Crippen LogP contribution is -2.36. The molecule has 2 aliphatic rings. The zero-order chi connectivity index (χ0) is 11.9. The Hall–Kier alpha value is 0.430. The number of hydrogen-bond donors (Lipinski definition) is 0. The maximum atomic E-state index is 6.30. The molecular weight excluding hydrogens is 320 g/mol. The van der Waals surface area contributed by atoms with E-state index in [4.69, 9.17) is 16.3 Å². The van der Waals surface area contributed by atoms with Crippen LogP contribution in [0, 0.1) is 11.3 Å². The van der Waals surface area contributed by atoms with Crippen molar-refractivity contribution in [1.29, 1.82) is 0 Å². The normalized spacial score (nSPS) is 33.2. The Balaban J connectivity index is 1.80. The molecule has 1 aliphatic carbocycles. The molecule has 4 heteroatoms. The maximum Gasteiger partial charge on any atom is 0.0675 e. The van der Waals surface area contributed by atoms with Crippen LogP contribution in [0.2, 0.25) is 0 Å². The van der Waals surface area contributed by atoms with E-state index >= 15 is 0 Å². The summed E-state index contributed by atoms with van der Waals surface area (Å²) in [5, 5.41) is 2.15. The summed E-state index contributed by atoms with van der Waals surface area (Å²) in [6.45, 7) is 0.889. The maximum absolute atomic E-state index is 6.30. The molecule has 1 saturated carbocycles. The van der Waals surface area contributed by atoms with E-state index in [-0.39, 0.29) is 5.41 Å². The van der Waals surface area contributed by atoms with E-state index in [1.807, 2.05) is 11.3 Å². The zero-order valence-corrected chi connectivity index (χ0v) is 12.8. The lowest BCUT2D eigenvalue weighted by Gasteiger charge is -2.32. The van der Waals surface area contributed by atoms with Crippen LogP contribution in [0.15, 0.2) is 15.9 Å². The molecule has 2 unspecified atom stereocenters. The highest BCUT2D eigenvalue weighted by molar-refractivity contribution is 9.10. The van der Waals surface area contributed by atoms with Crippen LogP contribution < -0.4 is 0 Å². The Morgan fingerprint density at radius 1 is 1.53 bits per heavy atom. The molecule has 17 heavy (non-hydrogen) atoms. The summed E-state index contributed by atoms with van der Waals surface area (Å²) in [5.41, 5.74) is 0.188. The van der Waals surface area contributed by atoms with E-state index in [9.17, 15) is 0 Å². The molecule has 3 rings (SSSR count). The second-order valence-electron chi connectivity index (χ2n) is 5.28. The van der Waals surface area contributed by atoms with Crippen LogP contribution in [-0.4, -0.2) is 18.6 Å². The first-order valence-electron chi connectivity index (χ1n) is 6.14. The third-order valence-electron chi connectivity index (χ3n) is 3.97.